The van der Waals surface area contributed by atoms with Gasteiger partial charge < -0.3 is 15.2 Å². The summed E-state index contributed by atoms with van der Waals surface area (Å²) in [6.07, 6.45) is 0. The van der Waals surface area contributed by atoms with Crippen molar-refractivity contribution in [2.24, 2.45) is 0 Å². The van der Waals surface area contributed by atoms with Crippen LogP contribution < -0.4 is 5.73 Å². The predicted molar refractivity (Wildman–Crippen MR) is 46.9 cm³/mol. The van der Waals surface area contributed by atoms with Crippen molar-refractivity contribution in [2.75, 3.05) is 5.73 Å². The molecule has 1 rings (SSSR count). The van der Waals surface area contributed by atoms with E-state index in [4.69, 9.17) is 10.6 Å². The maximum absolute atomic E-state index is 10.2. The Labute approximate surface area is 70.9 Å². The molecule has 0 aromatic heterocycles. The largest absolute Gasteiger partial charge is 0.399 e. The zero-order chi connectivity index (χ0) is 8.97. The zero-order valence-corrected chi connectivity index (χ0v) is 7.36. The Hall–Kier alpha value is -0.830. The van der Waals surface area contributed by atoms with Crippen molar-refractivity contribution in [2.45, 2.75) is 6.61 Å². The van der Waals surface area contributed by atoms with Crippen molar-refractivity contribution in [1.82, 2.24) is 0 Å². The molecular formula is C7H10NO3P. The Balaban J connectivity index is 2.57. The van der Waals surface area contributed by atoms with Gasteiger partial charge in [0, 0.05) is 5.69 Å². The molecule has 3 N–H and O–H groups in total. The van der Waals surface area contributed by atoms with Crippen molar-refractivity contribution < 1.29 is 14.0 Å². The van der Waals surface area contributed by atoms with Crippen LogP contribution in [0.1, 0.15) is 5.56 Å². The lowest BCUT2D eigenvalue weighted by atomic mass is 10.2. The zero-order valence-electron chi connectivity index (χ0n) is 6.36. The van der Waals surface area contributed by atoms with Gasteiger partial charge in [-0.3, -0.25) is 4.57 Å². The molecule has 1 unspecified atom stereocenters. The van der Waals surface area contributed by atoms with Crippen LogP contribution in [-0.2, 0) is 15.7 Å². The molecule has 0 aliphatic heterocycles. The first-order valence-electron chi connectivity index (χ1n) is 3.38. The minimum atomic E-state index is -2.84. The molecule has 0 fully saturated rings. The third-order valence-electron chi connectivity index (χ3n) is 1.31. The first kappa shape index (κ1) is 9.26. The molecule has 0 spiro atoms. The lowest BCUT2D eigenvalue weighted by molar-refractivity contribution is 0.272. The van der Waals surface area contributed by atoms with E-state index in [1.807, 2.05) is 0 Å². The topological polar surface area (TPSA) is 72.5 Å². The average molecular weight is 187 g/mol. The van der Waals surface area contributed by atoms with Crippen LogP contribution in [0.2, 0.25) is 0 Å². The van der Waals surface area contributed by atoms with Gasteiger partial charge in [-0.05, 0) is 17.7 Å². The van der Waals surface area contributed by atoms with E-state index in [1.54, 1.807) is 24.3 Å². The van der Waals surface area contributed by atoms with Crippen molar-refractivity contribution in [1.29, 1.82) is 0 Å². The summed E-state index contributed by atoms with van der Waals surface area (Å²) in [7, 11) is -2.84. The van der Waals surface area contributed by atoms with Crippen LogP contribution in [0.4, 0.5) is 5.69 Å². The molecular weight excluding hydrogens is 177 g/mol. The van der Waals surface area contributed by atoms with Gasteiger partial charge in [0.25, 0.3) is 0 Å². The lowest BCUT2D eigenvalue weighted by Gasteiger charge is -2.00. The van der Waals surface area contributed by atoms with Gasteiger partial charge in [0.1, 0.15) is 0 Å². The minimum absolute atomic E-state index is 0.124. The number of anilines is 1. The number of nitrogen functional groups attached to an aromatic ring is 1. The third kappa shape index (κ3) is 3.05. The molecule has 0 radical (unpaired) electrons. The molecule has 0 amide bonds. The summed E-state index contributed by atoms with van der Waals surface area (Å²) >= 11 is 0. The Morgan fingerprint density at radius 2 is 2.33 bits per heavy atom. The second-order valence-electron chi connectivity index (χ2n) is 2.30. The van der Waals surface area contributed by atoms with Crippen molar-refractivity contribution in [3.8, 4) is 0 Å². The fourth-order valence-corrected chi connectivity index (χ4v) is 1.12. The molecule has 4 nitrogen and oxygen atoms in total. The number of hydrogen-bond donors (Lipinski definition) is 2. The number of rotatable bonds is 3. The normalized spacial score (nSPS) is 12.8. The van der Waals surface area contributed by atoms with E-state index < -0.39 is 8.25 Å². The smallest absolute Gasteiger partial charge is 0.316 e. The van der Waals surface area contributed by atoms with Crippen LogP contribution in [0.15, 0.2) is 24.3 Å². The Bertz CT molecular complexity index is 290. The van der Waals surface area contributed by atoms with Gasteiger partial charge in [-0.15, -0.1) is 0 Å². The summed E-state index contributed by atoms with van der Waals surface area (Å²) in [5.41, 5.74) is 6.89. The van der Waals surface area contributed by atoms with Crippen LogP contribution in [0, 0.1) is 0 Å². The van der Waals surface area contributed by atoms with Crippen LogP contribution in [-0.4, -0.2) is 4.89 Å². The molecule has 1 aromatic carbocycles. The summed E-state index contributed by atoms with van der Waals surface area (Å²) in [5, 5.41) is 0. The van der Waals surface area contributed by atoms with Gasteiger partial charge in [-0.25, -0.2) is 0 Å². The van der Waals surface area contributed by atoms with Crippen molar-refractivity contribution in [3.05, 3.63) is 29.8 Å². The quantitative estimate of drug-likeness (QED) is 0.550. The molecule has 5 heteroatoms. The van der Waals surface area contributed by atoms with Gasteiger partial charge in [0.15, 0.2) is 0 Å². The third-order valence-corrected chi connectivity index (χ3v) is 1.70. The predicted octanol–water partition coefficient (Wildman–Crippen LogP) is 1.17. The van der Waals surface area contributed by atoms with Gasteiger partial charge >= 0.3 is 8.25 Å². The highest BCUT2D eigenvalue weighted by molar-refractivity contribution is 7.32. The van der Waals surface area contributed by atoms with E-state index >= 15 is 0 Å². The van der Waals surface area contributed by atoms with Crippen LogP contribution in [0.3, 0.4) is 0 Å². The lowest BCUT2D eigenvalue weighted by Crippen LogP contribution is -1.89. The molecule has 1 aromatic rings. The van der Waals surface area contributed by atoms with E-state index in [0.717, 1.165) is 5.56 Å². The first-order chi connectivity index (χ1) is 5.68. The van der Waals surface area contributed by atoms with E-state index in [-0.39, 0.29) is 6.61 Å². The molecule has 0 saturated carbocycles. The van der Waals surface area contributed by atoms with E-state index in [1.165, 1.54) is 0 Å². The summed E-state index contributed by atoms with van der Waals surface area (Å²) in [6.45, 7) is 0.124. The molecule has 12 heavy (non-hydrogen) atoms. The molecule has 1 atom stereocenters. The van der Waals surface area contributed by atoms with Crippen LogP contribution in [0.5, 0.6) is 0 Å². The Morgan fingerprint density at radius 3 is 2.92 bits per heavy atom. The van der Waals surface area contributed by atoms with Crippen LogP contribution in [0.25, 0.3) is 0 Å². The van der Waals surface area contributed by atoms with Gasteiger partial charge in [0.2, 0.25) is 0 Å². The molecule has 0 heterocycles. The second-order valence-corrected chi connectivity index (χ2v) is 3.12. The highest BCUT2D eigenvalue weighted by Gasteiger charge is 1.95. The van der Waals surface area contributed by atoms with Gasteiger partial charge in [-0.1, -0.05) is 12.1 Å². The monoisotopic (exact) mass is 187 g/mol. The second kappa shape index (κ2) is 4.26. The first-order valence-corrected chi connectivity index (χ1v) is 4.65. The number of benzene rings is 1. The molecule has 0 saturated heterocycles. The van der Waals surface area contributed by atoms with Crippen molar-refractivity contribution >= 4 is 13.9 Å². The maximum Gasteiger partial charge on any atom is 0.316 e. The highest BCUT2D eigenvalue weighted by atomic mass is 31.1. The van der Waals surface area contributed by atoms with Crippen molar-refractivity contribution in [3.63, 3.8) is 0 Å². The SMILES string of the molecule is Nc1cccc(CO[PH](=O)O)c1. The Kier molecular flexibility index (Phi) is 3.29. The van der Waals surface area contributed by atoms with Crippen LogP contribution >= 0.6 is 8.25 Å². The maximum atomic E-state index is 10.2. The summed E-state index contributed by atoms with van der Waals surface area (Å²) in [4.78, 5) is 8.38. The van der Waals surface area contributed by atoms with E-state index in [9.17, 15) is 4.57 Å². The van der Waals surface area contributed by atoms with Gasteiger partial charge in [0.05, 0.1) is 6.61 Å². The fraction of sp³-hybridized carbons (Fsp3) is 0.143. The fourth-order valence-electron chi connectivity index (χ4n) is 0.828. The standard InChI is InChI=1S/C7H10NO3P/c8-7-3-1-2-6(4-7)5-11-12(9)10/h1-4,12H,5,8H2,(H,9,10). The van der Waals surface area contributed by atoms with E-state index in [2.05, 4.69) is 4.52 Å². The summed E-state index contributed by atoms with van der Waals surface area (Å²) < 4.78 is 14.7. The molecule has 0 aliphatic carbocycles. The summed E-state index contributed by atoms with van der Waals surface area (Å²) in [6, 6.07) is 6.99. The molecule has 0 aliphatic rings. The van der Waals surface area contributed by atoms with Gasteiger partial charge in [-0.2, -0.15) is 0 Å². The number of hydrogen-bond acceptors (Lipinski definition) is 3. The Morgan fingerprint density at radius 1 is 1.58 bits per heavy atom. The molecule has 66 valence electrons. The number of nitrogens with two attached hydrogens (primary N) is 1. The van der Waals surface area contributed by atoms with E-state index in [0.29, 0.717) is 5.69 Å². The highest BCUT2D eigenvalue weighted by Crippen LogP contribution is 2.18. The molecule has 0 bridgehead atoms. The summed E-state index contributed by atoms with van der Waals surface area (Å²) in [5.74, 6) is 0. The average Bonchev–Trinajstić information content (AvgIpc) is 2.01. The minimum Gasteiger partial charge on any atom is -0.399 e.